The standard InChI is InChI=1S/C23H22ClNO3S/c24-21-11-4-3-10-20(21)22-12-13-25(14-15-29(22,27)28)23(26)16-18-8-5-7-17-6-1-2-9-19(17)18/h1-11,22H,12-16H2/t22-/m1/s1. The first-order valence-electron chi connectivity index (χ1n) is 9.66. The number of sulfone groups is 1. The van der Waals surface area contributed by atoms with Gasteiger partial charge in [0.1, 0.15) is 0 Å². The molecule has 1 atom stereocenters. The number of benzene rings is 3. The zero-order chi connectivity index (χ0) is 20.4. The van der Waals surface area contributed by atoms with Crippen molar-refractivity contribution in [2.75, 3.05) is 18.8 Å². The third-order valence-electron chi connectivity index (χ3n) is 5.57. The molecule has 1 saturated heterocycles. The zero-order valence-electron chi connectivity index (χ0n) is 15.9. The van der Waals surface area contributed by atoms with Crippen LogP contribution in [0, 0.1) is 0 Å². The molecule has 0 N–H and O–H groups in total. The van der Waals surface area contributed by atoms with Gasteiger partial charge in [0.2, 0.25) is 5.91 Å². The highest BCUT2D eigenvalue weighted by Gasteiger charge is 2.33. The van der Waals surface area contributed by atoms with E-state index in [2.05, 4.69) is 0 Å². The molecule has 1 aliphatic rings. The van der Waals surface area contributed by atoms with Crippen LogP contribution in [0.3, 0.4) is 0 Å². The van der Waals surface area contributed by atoms with Gasteiger partial charge in [0.15, 0.2) is 9.84 Å². The second-order valence-corrected chi connectivity index (χ2v) is 10.1. The Hall–Kier alpha value is -2.37. The molecule has 0 aromatic heterocycles. The van der Waals surface area contributed by atoms with Crippen molar-refractivity contribution < 1.29 is 13.2 Å². The van der Waals surface area contributed by atoms with Crippen molar-refractivity contribution in [2.24, 2.45) is 0 Å². The zero-order valence-corrected chi connectivity index (χ0v) is 17.5. The molecule has 1 aliphatic heterocycles. The number of hydrogen-bond donors (Lipinski definition) is 0. The Balaban J connectivity index is 1.55. The van der Waals surface area contributed by atoms with E-state index in [0.29, 0.717) is 23.6 Å². The fourth-order valence-electron chi connectivity index (χ4n) is 4.00. The van der Waals surface area contributed by atoms with Crippen LogP contribution in [-0.2, 0) is 21.1 Å². The van der Waals surface area contributed by atoms with Crippen molar-refractivity contribution in [1.29, 1.82) is 0 Å². The van der Waals surface area contributed by atoms with Gasteiger partial charge in [-0.15, -0.1) is 0 Å². The van der Waals surface area contributed by atoms with E-state index in [1.807, 2.05) is 42.5 Å². The third kappa shape index (κ3) is 4.16. The number of amides is 1. The number of carbonyl (C=O) groups excluding carboxylic acids is 1. The Morgan fingerprint density at radius 2 is 1.69 bits per heavy atom. The van der Waals surface area contributed by atoms with Crippen LogP contribution in [0.4, 0.5) is 0 Å². The van der Waals surface area contributed by atoms with Crippen LogP contribution in [0.25, 0.3) is 10.8 Å². The topological polar surface area (TPSA) is 54.5 Å². The largest absolute Gasteiger partial charge is 0.341 e. The Kier molecular flexibility index (Phi) is 5.61. The fraction of sp³-hybridized carbons (Fsp3) is 0.261. The van der Waals surface area contributed by atoms with Crippen molar-refractivity contribution in [1.82, 2.24) is 4.90 Å². The van der Waals surface area contributed by atoms with Gasteiger partial charge in [-0.25, -0.2) is 8.42 Å². The summed E-state index contributed by atoms with van der Waals surface area (Å²) in [6.07, 6.45) is 0.617. The van der Waals surface area contributed by atoms with Gasteiger partial charge in [0.05, 0.1) is 17.4 Å². The van der Waals surface area contributed by atoms with Gasteiger partial charge in [-0.1, -0.05) is 72.3 Å². The summed E-state index contributed by atoms with van der Waals surface area (Å²) in [5.41, 5.74) is 1.58. The lowest BCUT2D eigenvalue weighted by atomic mass is 10.0. The molecule has 1 heterocycles. The lowest BCUT2D eigenvalue weighted by molar-refractivity contribution is -0.130. The molecule has 3 aromatic carbocycles. The average molecular weight is 428 g/mol. The maximum atomic E-state index is 13.0. The van der Waals surface area contributed by atoms with Crippen LogP contribution in [0.1, 0.15) is 22.8 Å². The smallest absolute Gasteiger partial charge is 0.227 e. The Bertz CT molecular complexity index is 1150. The van der Waals surface area contributed by atoms with Crippen LogP contribution in [0.2, 0.25) is 5.02 Å². The maximum Gasteiger partial charge on any atom is 0.227 e. The van der Waals surface area contributed by atoms with Crippen LogP contribution < -0.4 is 0 Å². The van der Waals surface area contributed by atoms with Gasteiger partial charge < -0.3 is 4.90 Å². The predicted octanol–water partition coefficient (Wildman–Crippen LogP) is 4.42. The SMILES string of the molecule is O=C(Cc1cccc2ccccc12)N1CC[C@H](c2ccccc2Cl)S(=O)(=O)CC1. The summed E-state index contributed by atoms with van der Waals surface area (Å²) in [5.74, 6) is -0.0965. The maximum absolute atomic E-state index is 13.0. The molecule has 1 fully saturated rings. The monoisotopic (exact) mass is 427 g/mol. The molecule has 0 unspecified atom stereocenters. The Morgan fingerprint density at radius 1 is 0.966 bits per heavy atom. The number of rotatable bonds is 3. The number of hydrogen-bond acceptors (Lipinski definition) is 3. The number of halogens is 1. The summed E-state index contributed by atoms with van der Waals surface area (Å²) < 4.78 is 25.7. The van der Waals surface area contributed by atoms with E-state index in [9.17, 15) is 13.2 Å². The number of nitrogens with zero attached hydrogens (tertiary/aromatic N) is 1. The first-order valence-corrected chi connectivity index (χ1v) is 11.8. The van der Waals surface area contributed by atoms with E-state index in [1.54, 1.807) is 29.2 Å². The molecule has 4 nitrogen and oxygen atoms in total. The second kappa shape index (κ2) is 8.17. The normalized spacial score (nSPS) is 19.1. The molecular formula is C23H22ClNO3S. The minimum Gasteiger partial charge on any atom is -0.341 e. The lowest BCUT2D eigenvalue weighted by Gasteiger charge is -2.20. The van der Waals surface area contributed by atoms with E-state index in [1.165, 1.54) is 0 Å². The molecule has 0 bridgehead atoms. The fourth-order valence-corrected chi connectivity index (χ4v) is 6.15. The molecular weight excluding hydrogens is 406 g/mol. The third-order valence-corrected chi connectivity index (χ3v) is 8.02. The Labute approximate surface area is 176 Å². The van der Waals surface area contributed by atoms with E-state index >= 15 is 0 Å². The molecule has 0 saturated carbocycles. The van der Waals surface area contributed by atoms with Crippen molar-refractivity contribution in [3.63, 3.8) is 0 Å². The van der Waals surface area contributed by atoms with E-state index < -0.39 is 15.1 Å². The molecule has 6 heteroatoms. The quantitative estimate of drug-likeness (QED) is 0.621. The summed E-state index contributed by atoms with van der Waals surface area (Å²) >= 11 is 6.25. The highest BCUT2D eigenvalue weighted by atomic mass is 35.5. The molecule has 1 amide bonds. The van der Waals surface area contributed by atoms with Gasteiger partial charge in [-0.05, 0) is 34.4 Å². The van der Waals surface area contributed by atoms with Gasteiger partial charge in [0.25, 0.3) is 0 Å². The van der Waals surface area contributed by atoms with Gasteiger partial charge in [-0.2, -0.15) is 0 Å². The highest BCUT2D eigenvalue weighted by Crippen LogP contribution is 2.34. The van der Waals surface area contributed by atoms with E-state index in [-0.39, 0.29) is 24.6 Å². The molecule has 0 spiro atoms. The van der Waals surface area contributed by atoms with E-state index in [0.717, 1.165) is 16.3 Å². The minimum atomic E-state index is -3.39. The lowest BCUT2D eigenvalue weighted by Crippen LogP contribution is -2.34. The first-order chi connectivity index (χ1) is 14.0. The van der Waals surface area contributed by atoms with Crippen molar-refractivity contribution >= 4 is 38.1 Å². The molecule has 3 aromatic rings. The molecule has 0 radical (unpaired) electrons. The van der Waals surface area contributed by atoms with Crippen molar-refractivity contribution in [3.05, 3.63) is 82.9 Å². The highest BCUT2D eigenvalue weighted by molar-refractivity contribution is 7.91. The Morgan fingerprint density at radius 3 is 2.52 bits per heavy atom. The summed E-state index contributed by atoms with van der Waals surface area (Å²) in [6, 6.07) is 21.0. The van der Waals surface area contributed by atoms with Crippen LogP contribution in [0.15, 0.2) is 66.7 Å². The second-order valence-electron chi connectivity index (χ2n) is 7.36. The molecule has 150 valence electrons. The van der Waals surface area contributed by atoms with Gasteiger partial charge >= 0.3 is 0 Å². The summed E-state index contributed by atoms with van der Waals surface area (Å²) in [6.45, 7) is 0.617. The first kappa shape index (κ1) is 19.9. The molecule has 4 rings (SSSR count). The summed E-state index contributed by atoms with van der Waals surface area (Å²) in [5, 5.41) is 1.93. The van der Waals surface area contributed by atoms with Crippen LogP contribution >= 0.6 is 11.6 Å². The van der Waals surface area contributed by atoms with Crippen molar-refractivity contribution in [2.45, 2.75) is 18.1 Å². The van der Waals surface area contributed by atoms with Crippen LogP contribution in [-0.4, -0.2) is 38.1 Å². The van der Waals surface area contributed by atoms with Crippen molar-refractivity contribution in [3.8, 4) is 0 Å². The van der Waals surface area contributed by atoms with Gasteiger partial charge in [0, 0.05) is 18.1 Å². The van der Waals surface area contributed by atoms with Crippen LogP contribution in [0.5, 0.6) is 0 Å². The predicted molar refractivity (Wildman–Crippen MR) is 117 cm³/mol. The number of carbonyl (C=O) groups is 1. The minimum absolute atomic E-state index is 0.0450. The van der Waals surface area contributed by atoms with E-state index in [4.69, 9.17) is 11.6 Å². The van der Waals surface area contributed by atoms with Gasteiger partial charge in [-0.3, -0.25) is 4.79 Å². The molecule has 29 heavy (non-hydrogen) atoms. The summed E-state index contributed by atoms with van der Waals surface area (Å²) in [7, 11) is -3.39. The molecule has 0 aliphatic carbocycles. The summed E-state index contributed by atoms with van der Waals surface area (Å²) in [4.78, 5) is 14.7. The number of fused-ring (bicyclic) bond motifs is 1. The average Bonchev–Trinajstić information content (AvgIpc) is 2.87.